The summed E-state index contributed by atoms with van der Waals surface area (Å²) in [7, 11) is 0. The van der Waals surface area contributed by atoms with Crippen LogP contribution in [-0.2, 0) is 9.59 Å². The molecule has 27 heavy (non-hydrogen) atoms. The Hall–Kier alpha value is -0.100. The Morgan fingerprint density at radius 1 is 0.815 bits per heavy atom. The molecular formula is C21H43N2NaO3. The molecule has 0 heterocycles. The zero-order valence-electron chi connectivity index (χ0n) is 16.9. The Morgan fingerprint density at radius 3 is 1.78 bits per heavy atom. The fraction of sp³-hybridized carbons (Fsp3) is 0.905. The number of unbranched alkanes of at least 4 members (excludes halogenated alkanes) is 12. The Morgan fingerprint density at radius 2 is 1.30 bits per heavy atom. The number of rotatable bonds is 19. The van der Waals surface area contributed by atoms with Crippen LogP contribution in [0, 0.1) is 0 Å². The molecule has 0 rings (SSSR count). The first-order valence-electron chi connectivity index (χ1n) is 10.8. The first kappa shape index (κ1) is 29.1. The first-order valence-corrected chi connectivity index (χ1v) is 10.8. The zero-order chi connectivity index (χ0) is 19.5. The van der Waals surface area contributed by atoms with Gasteiger partial charge in [0.15, 0.2) is 0 Å². The van der Waals surface area contributed by atoms with Gasteiger partial charge in [0.05, 0.1) is 0 Å². The standard InChI is InChI=1S/C21H42N2O3.Na.H/c1-2-3-4-5-6-7-8-9-10-11-12-13-17-20(24)23-18-15-14-16-19(22)21(25)26;;/h19H,2-18,22H2,1H3,(H,23,24)(H,25,26);;/t19-;;/m0../s1. The molecule has 156 valence electrons. The van der Waals surface area contributed by atoms with Crippen LogP contribution in [0.25, 0.3) is 0 Å². The number of aliphatic carboxylic acids is 1. The van der Waals surface area contributed by atoms with Crippen molar-refractivity contribution in [2.24, 2.45) is 5.73 Å². The van der Waals surface area contributed by atoms with E-state index >= 15 is 0 Å². The Kier molecular flexibility index (Phi) is 23.9. The van der Waals surface area contributed by atoms with Crippen LogP contribution in [0.4, 0.5) is 0 Å². The van der Waals surface area contributed by atoms with Gasteiger partial charge in [0.25, 0.3) is 0 Å². The minimum atomic E-state index is -0.957. The van der Waals surface area contributed by atoms with Crippen LogP contribution < -0.4 is 11.1 Å². The van der Waals surface area contributed by atoms with Gasteiger partial charge in [0, 0.05) is 13.0 Å². The van der Waals surface area contributed by atoms with Crippen LogP contribution in [0.2, 0.25) is 0 Å². The molecule has 0 aromatic heterocycles. The van der Waals surface area contributed by atoms with Gasteiger partial charge in [-0.2, -0.15) is 0 Å². The number of carbonyl (C=O) groups excluding carboxylic acids is 1. The van der Waals surface area contributed by atoms with Gasteiger partial charge in [0.2, 0.25) is 5.91 Å². The predicted octanol–water partition coefficient (Wildman–Crippen LogP) is 4.13. The third-order valence-corrected chi connectivity index (χ3v) is 4.84. The molecule has 1 atom stereocenters. The maximum atomic E-state index is 11.7. The molecule has 0 bridgehead atoms. The molecule has 0 fully saturated rings. The maximum absolute atomic E-state index is 11.7. The van der Waals surface area contributed by atoms with Crippen LogP contribution >= 0.6 is 0 Å². The molecular weight excluding hydrogens is 351 g/mol. The number of nitrogens with two attached hydrogens (primary N) is 1. The molecule has 6 heteroatoms. The molecule has 0 unspecified atom stereocenters. The van der Waals surface area contributed by atoms with Crippen molar-refractivity contribution in [2.75, 3.05) is 6.54 Å². The number of amides is 1. The molecule has 0 aliphatic carbocycles. The van der Waals surface area contributed by atoms with E-state index in [2.05, 4.69) is 12.2 Å². The number of carbonyl (C=O) groups is 2. The van der Waals surface area contributed by atoms with Crippen LogP contribution in [0.15, 0.2) is 0 Å². The second kappa shape index (κ2) is 22.2. The van der Waals surface area contributed by atoms with E-state index in [4.69, 9.17) is 10.8 Å². The molecule has 0 spiro atoms. The average Bonchev–Trinajstić information content (AvgIpc) is 2.62. The van der Waals surface area contributed by atoms with Gasteiger partial charge in [-0.15, -0.1) is 0 Å². The summed E-state index contributed by atoms with van der Waals surface area (Å²) in [6, 6.07) is -0.785. The first-order chi connectivity index (χ1) is 12.6. The molecule has 0 aromatic carbocycles. The summed E-state index contributed by atoms with van der Waals surface area (Å²) >= 11 is 0. The number of hydrogen-bond acceptors (Lipinski definition) is 3. The molecule has 0 saturated heterocycles. The third-order valence-electron chi connectivity index (χ3n) is 4.84. The SMILES string of the molecule is CCCCCCCCCCCCCCC(=O)NCCCC[C@H](N)C(=O)O.[NaH]. The van der Waals surface area contributed by atoms with E-state index in [1.54, 1.807) is 0 Å². The quantitative estimate of drug-likeness (QED) is 0.227. The predicted molar refractivity (Wildman–Crippen MR) is 115 cm³/mol. The topological polar surface area (TPSA) is 92.4 Å². The summed E-state index contributed by atoms with van der Waals surface area (Å²) in [6.07, 6.45) is 18.2. The number of hydrogen-bond donors (Lipinski definition) is 3. The fourth-order valence-corrected chi connectivity index (χ4v) is 3.06. The van der Waals surface area contributed by atoms with Crippen molar-refractivity contribution in [2.45, 2.75) is 116 Å². The van der Waals surface area contributed by atoms with E-state index in [-0.39, 0.29) is 35.5 Å². The van der Waals surface area contributed by atoms with Gasteiger partial charge in [0.1, 0.15) is 6.04 Å². The third kappa shape index (κ3) is 22.1. The number of carboxylic acids is 1. The van der Waals surface area contributed by atoms with Crippen LogP contribution in [0.5, 0.6) is 0 Å². The van der Waals surface area contributed by atoms with Crippen molar-refractivity contribution in [3.05, 3.63) is 0 Å². The van der Waals surface area contributed by atoms with Gasteiger partial charge in [-0.3, -0.25) is 9.59 Å². The number of nitrogens with one attached hydrogen (secondary N) is 1. The summed E-state index contributed by atoms with van der Waals surface area (Å²) in [5.74, 6) is -0.847. The summed E-state index contributed by atoms with van der Waals surface area (Å²) in [5.41, 5.74) is 5.43. The molecule has 0 radical (unpaired) electrons. The summed E-state index contributed by atoms with van der Waals surface area (Å²) in [6.45, 7) is 2.87. The van der Waals surface area contributed by atoms with E-state index in [9.17, 15) is 9.59 Å². The van der Waals surface area contributed by atoms with Gasteiger partial charge in [-0.05, 0) is 25.7 Å². The summed E-state index contributed by atoms with van der Waals surface area (Å²) in [4.78, 5) is 22.3. The van der Waals surface area contributed by atoms with Gasteiger partial charge >= 0.3 is 35.5 Å². The Balaban J connectivity index is 0. The van der Waals surface area contributed by atoms with E-state index < -0.39 is 12.0 Å². The Bertz CT molecular complexity index is 354. The van der Waals surface area contributed by atoms with Crippen molar-refractivity contribution in [3.8, 4) is 0 Å². The van der Waals surface area contributed by atoms with E-state index in [0.717, 1.165) is 25.7 Å². The average molecular weight is 395 g/mol. The Labute approximate surface area is 188 Å². The van der Waals surface area contributed by atoms with Crippen molar-refractivity contribution in [1.82, 2.24) is 5.32 Å². The van der Waals surface area contributed by atoms with Crippen molar-refractivity contribution in [1.29, 1.82) is 0 Å². The van der Waals surface area contributed by atoms with Crippen LogP contribution in [0.1, 0.15) is 110 Å². The fourth-order valence-electron chi connectivity index (χ4n) is 3.06. The zero-order valence-corrected chi connectivity index (χ0v) is 16.9. The van der Waals surface area contributed by atoms with E-state index in [1.165, 1.54) is 64.2 Å². The van der Waals surface area contributed by atoms with Gasteiger partial charge in [-0.25, -0.2) is 0 Å². The van der Waals surface area contributed by atoms with Crippen LogP contribution in [-0.4, -0.2) is 59.1 Å². The minimum absolute atomic E-state index is 0. The van der Waals surface area contributed by atoms with Crippen molar-refractivity contribution in [3.63, 3.8) is 0 Å². The molecule has 0 aliphatic heterocycles. The molecule has 0 aliphatic rings. The van der Waals surface area contributed by atoms with E-state index in [1.807, 2.05) is 0 Å². The summed E-state index contributed by atoms with van der Waals surface area (Å²) in [5, 5.41) is 11.6. The second-order valence-electron chi connectivity index (χ2n) is 7.43. The van der Waals surface area contributed by atoms with Gasteiger partial charge in [-0.1, -0.05) is 77.6 Å². The molecule has 4 N–H and O–H groups in total. The number of carboxylic acid groups (broad SMARTS) is 1. The monoisotopic (exact) mass is 394 g/mol. The van der Waals surface area contributed by atoms with E-state index in [0.29, 0.717) is 19.4 Å². The van der Waals surface area contributed by atoms with Crippen molar-refractivity contribution >= 4 is 41.4 Å². The summed E-state index contributed by atoms with van der Waals surface area (Å²) < 4.78 is 0. The second-order valence-corrected chi connectivity index (χ2v) is 7.43. The van der Waals surface area contributed by atoms with Crippen LogP contribution in [0.3, 0.4) is 0 Å². The van der Waals surface area contributed by atoms with Crippen molar-refractivity contribution < 1.29 is 14.7 Å². The normalized spacial score (nSPS) is 11.6. The van der Waals surface area contributed by atoms with Gasteiger partial charge < -0.3 is 16.2 Å². The molecule has 5 nitrogen and oxygen atoms in total. The molecule has 0 aromatic rings. The molecule has 1 amide bonds. The molecule has 0 saturated carbocycles.